The zero-order chi connectivity index (χ0) is 13.4. The number of hydrogen-bond donors (Lipinski definition) is 0. The number of urea groups is 1. The van der Waals surface area contributed by atoms with Crippen molar-refractivity contribution in [3.05, 3.63) is 29.3 Å². The summed E-state index contributed by atoms with van der Waals surface area (Å²) in [5.41, 5.74) is 3.05. The molecule has 1 saturated heterocycles. The van der Waals surface area contributed by atoms with Gasteiger partial charge in [-0.05, 0) is 38.0 Å². The molecule has 1 heterocycles. The number of benzene rings is 1. The Morgan fingerprint density at radius 2 is 1.89 bits per heavy atom. The van der Waals surface area contributed by atoms with Crippen LogP contribution >= 0.6 is 0 Å². The lowest BCUT2D eigenvalue weighted by Crippen LogP contribution is -2.55. The van der Waals surface area contributed by atoms with E-state index in [-0.39, 0.29) is 18.0 Å². The van der Waals surface area contributed by atoms with Crippen LogP contribution in [0.3, 0.4) is 0 Å². The van der Waals surface area contributed by atoms with Gasteiger partial charge in [-0.25, -0.2) is 4.79 Å². The number of hydrogen-bond acceptors (Lipinski definition) is 2. The monoisotopic (exact) mass is 246 g/mol. The van der Waals surface area contributed by atoms with Crippen molar-refractivity contribution in [1.29, 1.82) is 0 Å². The summed E-state index contributed by atoms with van der Waals surface area (Å²) in [7, 11) is 1.54. The lowest BCUT2D eigenvalue weighted by Gasteiger charge is -2.38. The number of carbonyl (C=O) groups is 2. The largest absolute Gasteiger partial charge is 0.331 e. The molecular formula is C14H18N2O2. The highest BCUT2D eigenvalue weighted by Gasteiger charge is 2.35. The molecular weight excluding hydrogens is 228 g/mol. The van der Waals surface area contributed by atoms with Gasteiger partial charge in [0.25, 0.3) is 0 Å². The average molecular weight is 246 g/mol. The highest BCUT2D eigenvalue weighted by molar-refractivity contribution is 6.06. The Bertz CT molecular complexity index is 511. The van der Waals surface area contributed by atoms with Gasteiger partial charge in [0.1, 0.15) is 0 Å². The minimum absolute atomic E-state index is 0.0956. The summed E-state index contributed by atoms with van der Waals surface area (Å²) in [6.45, 7) is 5.88. The maximum absolute atomic E-state index is 12.2. The van der Waals surface area contributed by atoms with Gasteiger partial charge < -0.3 is 0 Å². The Kier molecular flexibility index (Phi) is 3.11. The van der Waals surface area contributed by atoms with Crippen LogP contribution in [0.4, 0.5) is 10.5 Å². The molecule has 1 aromatic carbocycles. The highest BCUT2D eigenvalue weighted by atomic mass is 16.2. The molecule has 0 radical (unpaired) electrons. The standard InChI is InChI=1S/C14H18N2O2/c1-9-5-6-10(2)12(7-9)16-11(3)8-13(17)15(4)14(16)18/h5-7,11H,8H2,1-4H3. The number of nitrogens with zero attached hydrogens (tertiary/aromatic N) is 2. The smallest absolute Gasteiger partial charge is 0.290 e. The lowest BCUT2D eigenvalue weighted by molar-refractivity contribution is -0.128. The van der Waals surface area contributed by atoms with Crippen molar-refractivity contribution in [2.45, 2.75) is 33.2 Å². The third kappa shape index (κ3) is 1.98. The number of carbonyl (C=O) groups excluding carboxylic acids is 2. The van der Waals surface area contributed by atoms with Gasteiger partial charge in [0.05, 0.1) is 0 Å². The van der Waals surface area contributed by atoms with Crippen molar-refractivity contribution >= 4 is 17.6 Å². The van der Waals surface area contributed by atoms with Crippen LogP contribution in [0.1, 0.15) is 24.5 Å². The van der Waals surface area contributed by atoms with Gasteiger partial charge in [0, 0.05) is 25.2 Å². The van der Waals surface area contributed by atoms with Crippen molar-refractivity contribution in [3.8, 4) is 0 Å². The zero-order valence-electron chi connectivity index (χ0n) is 11.2. The van der Waals surface area contributed by atoms with Crippen LogP contribution in [0.25, 0.3) is 0 Å². The van der Waals surface area contributed by atoms with E-state index < -0.39 is 0 Å². The Hall–Kier alpha value is -1.84. The number of amides is 3. The van der Waals surface area contributed by atoms with E-state index in [4.69, 9.17) is 0 Å². The molecule has 96 valence electrons. The Morgan fingerprint density at radius 3 is 2.56 bits per heavy atom. The molecule has 4 heteroatoms. The number of aryl methyl sites for hydroxylation is 2. The van der Waals surface area contributed by atoms with Crippen LogP contribution in [-0.2, 0) is 4.79 Å². The maximum Gasteiger partial charge on any atom is 0.331 e. The summed E-state index contributed by atoms with van der Waals surface area (Å²) < 4.78 is 0. The second-order valence-electron chi connectivity index (χ2n) is 4.95. The van der Waals surface area contributed by atoms with E-state index in [9.17, 15) is 9.59 Å². The maximum atomic E-state index is 12.2. The van der Waals surface area contributed by atoms with Crippen molar-refractivity contribution < 1.29 is 9.59 Å². The molecule has 0 N–H and O–H groups in total. The molecule has 1 fully saturated rings. The van der Waals surface area contributed by atoms with Crippen LogP contribution < -0.4 is 4.90 Å². The van der Waals surface area contributed by atoms with E-state index in [1.165, 1.54) is 11.9 Å². The molecule has 1 atom stereocenters. The van der Waals surface area contributed by atoms with Crippen molar-refractivity contribution in [3.63, 3.8) is 0 Å². The SMILES string of the molecule is Cc1ccc(C)c(N2C(=O)N(C)C(=O)CC2C)c1. The number of anilines is 1. The number of imide groups is 1. The zero-order valence-corrected chi connectivity index (χ0v) is 11.2. The van der Waals surface area contributed by atoms with E-state index in [1.54, 1.807) is 4.90 Å². The minimum Gasteiger partial charge on any atom is -0.290 e. The summed E-state index contributed by atoms with van der Waals surface area (Å²) in [6, 6.07) is 5.68. The highest BCUT2D eigenvalue weighted by Crippen LogP contribution is 2.28. The quantitative estimate of drug-likeness (QED) is 0.763. The normalized spacial score (nSPS) is 20.6. The molecule has 4 nitrogen and oxygen atoms in total. The number of rotatable bonds is 1. The minimum atomic E-state index is -0.243. The van der Waals surface area contributed by atoms with Gasteiger partial charge in [-0.2, -0.15) is 0 Å². The molecule has 0 saturated carbocycles. The lowest BCUT2D eigenvalue weighted by atomic mass is 10.1. The van der Waals surface area contributed by atoms with Gasteiger partial charge in [0.15, 0.2) is 0 Å². The molecule has 1 unspecified atom stereocenters. The van der Waals surface area contributed by atoms with Crippen molar-refractivity contribution in [2.24, 2.45) is 0 Å². The second-order valence-corrected chi connectivity index (χ2v) is 4.95. The Balaban J connectivity index is 2.45. The van der Waals surface area contributed by atoms with Crippen molar-refractivity contribution in [1.82, 2.24) is 4.90 Å². The molecule has 0 aliphatic carbocycles. The molecule has 0 spiro atoms. The van der Waals surface area contributed by atoms with Gasteiger partial charge in [-0.15, -0.1) is 0 Å². The van der Waals surface area contributed by atoms with Crippen LogP contribution in [0.15, 0.2) is 18.2 Å². The summed E-state index contributed by atoms with van der Waals surface area (Å²) in [4.78, 5) is 26.8. The van der Waals surface area contributed by atoms with E-state index >= 15 is 0 Å². The molecule has 18 heavy (non-hydrogen) atoms. The third-order valence-electron chi connectivity index (χ3n) is 3.40. The predicted octanol–water partition coefficient (Wildman–Crippen LogP) is 2.48. The summed E-state index contributed by atoms with van der Waals surface area (Å²) in [5, 5.41) is 0. The topological polar surface area (TPSA) is 40.6 Å². The molecule has 1 aliphatic rings. The van der Waals surface area contributed by atoms with Crippen LogP contribution in [0, 0.1) is 13.8 Å². The molecule has 0 bridgehead atoms. The first-order chi connectivity index (χ1) is 8.41. The van der Waals surface area contributed by atoms with Crippen LogP contribution in [-0.4, -0.2) is 29.9 Å². The fourth-order valence-electron chi connectivity index (χ4n) is 2.26. The fourth-order valence-corrected chi connectivity index (χ4v) is 2.26. The van der Waals surface area contributed by atoms with Gasteiger partial charge in [-0.3, -0.25) is 14.6 Å². The van der Waals surface area contributed by atoms with Crippen molar-refractivity contribution in [2.75, 3.05) is 11.9 Å². The van der Waals surface area contributed by atoms with E-state index in [2.05, 4.69) is 0 Å². The second kappa shape index (κ2) is 4.44. The van der Waals surface area contributed by atoms with Gasteiger partial charge in [0.2, 0.25) is 5.91 Å². The first-order valence-corrected chi connectivity index (χ1v) is 6.09. The molecule has 1 aliphatic heterocycles. The molecule has 3 amide bonds. The molecule has 2 rings (SSSR count). The van der Waals surface area contributed by atoms with Crippen LogP contribution in [0.2, 0.25) is 0 Å². The molecule has 1 aromatic rings. The summed E-state index contributed by atoms with van der Waals surface area (Å²) in [6.07, 6.45) is 0.371. The predicted molar refractivity (Wildman–Crippen MR) is 70.6 cm³/mol. The average Bonchev–Trinajstić information content (AvgIpc) is 2.31. The Labute approximate surface area is 107 Å². The van der Waals surface area contributed by atoms with Gasteiger partial charge >= 0.3 is 6.03 Å². The first-order valence-electron chi connectivity index (χ1n) is 6.09. The third-order valence-corrected chi connectivity index (χ3v) is 3.40. The Morgan fingerprint density at radius 1 is 1.22 bits per heavy atom. The fraction of sp³-hybridized carbons (Fsp3) is 0.429. The van der Waals surface area contributed by atoms with Gasteiger partial charge in [-0.1, -0.05) is 12.1 Å². The summed E-state index contributed by atoms with van der Waals surface area (Å²) >= 11 is 0. The first kappa shape index (κ1) is 12.6. The van der Waals surface area contributed by atoms with E-state index in [1.807, 2.05) is 39.0 Å². The van der Waals surface area contributed by atoms with E-state index in [0.29, 0.717) is 6.42 Å². The summed E-state index contributed by atoms with van der Waals surface area (Å²) in [5.74, 6) is -0.117. The van der Waals surface area contributed by atoms with E-state index in [0.717, 1.165) is 16.8 Å². The molecule has 0 aromatic heterocycles. The van der Waals surface area contributed by atoms with Crippen LogP contribution in [0.5, 0.6) is 0 Å².